The van der Waals surface area contributed by atoms with E-state index in [9.17, 15) is 13.2 Å². The third kappa shape index (κ3) is 4.05. The van der Waals surface area contributed by atoms with Gasteiger partial charge in [-0.3, -0.25) is 9.69 Å². The summed E-state index contributed by atoms with van der Waals surface area (Å²) in [7, 11) is -1.19. The van der Waals surface area contributed by atoms with Gasteiger partial charge in [-0.1, -0.05) is 0 Å². The summed E-state index contributed by atoms with van der Waals surface area (Å²) in [4.78, 5) is 13.9. The van der Waals surface area contributed by atoms with Crippen molar-refractivity contribution >= 4 is 27.3 Å². The first kappa shape index (κ1) is 15.0. The van der Waals surface area contributed by atoms with Crippen LogP contribution in [0.4, 0.5) is 0 Å². The van der Waals surface area contributed by atoms with Crippen LogP contribution in [0.5, 0.6) is 0 Å². The molecule has 2 aliphatic heterocycles. The third-order valence-electron chi connectivity index (χ3n) is 3.68. The highest BCUT2D eigenvalue weighted by molar-refractivity contribution is 7.91. The molecule has 0 aromatic rings. The van der Waals surface area contributed by atoms with Crippen molar-refractivity contribution in [2.75, 3.05) is 38.2 Å². The zero-order chi connectivity index (χ0) is 14.0. The van der Waals surface area contributed by atoms with Crippen LogP contribution < -0.4 is 10.6 Å². The Bertz CT molecular complexity index is 442. The number of carbonyl (C=O) groups is 1. The summed E-state index contributed by atoms with van der Waals surface area (Å²) in [6, 6.07) is -0.0256. The summed E-state index contributed by atoms with van der Waals surface area (Å²) in [5.74, 6) is -0.249. The average Bonchev–Trinajstić information content (AvgIpc) is 2.83. The van der Waals surface area contributed by atoms with Crippen molar-refractivity contribution in [3.63, 3.8) is 0 Å². The van der Waals surface area contributed by atoms with Crippen molar-refractivity contribution in [2.45, 2.75) is 23.9 Å². The number of halogens is 1. The fourth-order valence-electron chi connectivity index (χ4n) is 2.60. The molecular weight excluding hydrogens is 290 g/mol. The summed E-state index contributed by atoms with van der Waals surface area (Å²) in [6.07, 6.45) is 1.03. The summed E-state index contributed by atoms with van der Waals surface area (Å²) in [6.45, 7) is 2.03. The number of sulfone groups is 1. The van der Waals surface area contributed by atoms with E-state index < -0.39 is 21.3 Å². The molecule has 0 radical (unpaired) electrons. The lowest BCUT2D eigenvalue weighted by atomic mass is 10.2. The molecule has 2 rings (SSSR count). The molecule has 3 unspecified atom stereocenters. The summed E-state index contributed by atoms with van der Waals surface area (Å²) >= 11 is 5.95. The van der Waals surface area contributed by atoms with Crippen LogP contribution in [0.3, 0.4) is 0 Å². The SMILES string of the molecule is CNC1CCN(CC(=O)NC2CS(=O)(=O)CC2Cl)C1. The summed E-state index contributed by atoms with van der Waals surface area (Å²) < 4.78 is 22.8. The standard InChI is InChI=1S/C11H20ClN3O3S/c1-13-8-2-3-15(4-8)5-11(16)14-10-7-19(17,18)6-9(10)12/h8-10,13H,2-7H2,1H3,(H,14,16). The van der Waals surface area contributed by atoms with Crippen LogP contribution >= 0.6 is 11.6 Å². The van der Waals surface area contributed by atoms with Gasteiger partial charge in [-0.2, -0.15) is 0 Å². The van der Waals surface area contributed by atoms with Crippen molar-refractivity contribution in [1.29, 1.82) is 0 Å². The van der Waals surface area contributed by atoms with Gasteiger partial charge < -0.3 is 10.6 Å². The molecule has 2 saturated heterocycles. The van der Waals surface area contributed by atoms with Crippen LogP contribution in [0.15, 0.2) is 0 Å². The second kappa shape index (κ2) is 5.95. The topological polar surface area (TPSA) is 78.5 Å². The molecule has 0 aromatic carbocycles. The van der Waals surface area contributed by atoms with Crippen LogP contribution in [-0.2, 0) is 14.6 Å². The molecule has 110 valence electrons. The predicted octanol–water partition coefficient (Wildman–Crippen LogP) is -1.20. The largest absolute Gasteiger partial charge is 0.350 e. The van der Waals surface area contributed by atoms with Crippen LogP contribution in [0.2, 0.25) is 0 Å². The first-order valence-electron chi connectivity index (χ1n) is 6.43. The minimum atomic E-state index is -3.10. The third-order valence-corrected chi connectivity index (χ3v) is 6.05. The normalized spacial score (nSPS) is 34.5. The number of alkyl halides is 1. The first-order chi connectivity index (χ1) is 8.89. The van der Waals surface area contributed by atoms with Crippen molar-refractivity contribution in [2.24, 2.45) is 0 Å². The molecule has 6 nitrogen and oxygen atoms in total. The Kier molecular flexibility index (Phi) is 4.70. The van der Waals surface area contributed by atoms with Gasteiger partial charge in [-0.25, -0.2) is 8.42 Å². The maximum atomic E-state index is 11.9. The van der Waals surface area contributed by atoms with E-state index in [4.69, 9.17) is 11.6 Å². The molecule has 0 aliphatic carbocycles. The smallest absolute Gasteiger partial charge is 0.234 e. The maximum Gasteiger partial charge on any atom is 0.234 e. The lowest BCUT2D eigenvalue weighted by molar-refractivity contribution is -0.122. The van der Waals surface area contributed by atoms with E-state index in [-0.39, 0.29) is 17.4 Å². The monoisotopic (exact) mass is 309 g/mol. The molecule has 0 saturated carbocycles. The molecule has 8 heteroatoms. The summed E-state index contributed by atoms with van der Waals surface area (Å²) in [5.41, 5.74) is 0. The van der Waals surface area contributed by atoms with Gasteiger partial charge in [0.2, 0.25) is 5.91 Å². The van der Waals surface area contributed by atoms with Crippen molar-refractivity contribution < 1.29 is 13.2 Å². The van der Waals surface area contributed by atoms with Gasteiger partial charge in [0.25, 0.3) is 0 Å². The highest BCUT2D eigenvalue weighted by Crippen LogP contribution is 2.18. The molecule has 1 amide bonds. The van der Waals surface area contributed by atoms with Gasteiger partial charge in [-0.15, -0.1) is 11.6 Å². The number of rotatable bonds is 4. The lowest BCUT2D eigenvalue weighted by Crippen LogP contribution is -2.45. The second-order valence-corrected chi connectivity index (χ2v) is 7.99. The highest BCUT2D eigenvalue weighted by Gasteiger charge is 2.37. The Hall–Kier alpha value is -0.370. The number of nitrogens with zero attached hydrogens (tertiary/aromatic N) is 1. The number of hydrogen-bond acceptors (Lipinski definition) is 5. The van der Waals surface area contributed by atoms with Crippen molar-refractivity contribution in [3.05, 3.63) is 0 Å². The van der Waals surface area contributed by atoms with Gasteiger partial charge in [-0.05, 0) is 13.5 Å². The van der Waals surface area contributed by atoms with E-state index in [1.165, 1.54) is 0 Å². The average molecular weight is 310 g/mol. The number of likely N-dealkylation sites (tertiary alicyclic amines) is 1. The Morgan fingerprint density at radius 1 is 1.42 bits per heavy atom. The van der Waals surface area contributed by atoms with Gasteiger partial charge in [0, 0.05) is 19.1 Å². The van der Waals surface area contributed by atoms with Crippen LogP contribution in [-0.4, -0.2) is 74.9 Å². The lowest BCUT2D eigenvalue weighted by Gasteiger charge is -2.19. The summed E-state index contributed by atoms with van der Waals surface area (Å²) in [5, 5.41) is 5.40. The van der Waals surface area contributed by atoms with Gasteiger partial charge in [0.1, 0.15) is 0 Å². The van der Waals surface area contributed by atoms with Crippen LogP contribution in [0.1, 0.15) is 6.42 Å². The van der Waals surface area contributed by atoms with E-state index in [0.29, 0.717) is 12.6 Å². The van der Waals surface area contributed by atoms with E-state index in [1.807, 2.05) is 7.05 Å². The quantitative estimate of drug-likeness (QED) is 0.638. The predicted molar refractivity (Wildman–Crippen MR) is 74.1 cm³/mol. The molecule has 2 aliphatic rings. The van der Waals surface area contributed by atoms with E-state index in [0.717, 1.165) is 19.5 Å². The van der Waals surface area contributed by atoms with E-state index in [2.05, 4.69) is 15.5 Å². The highest BCUT2D eigenvalue weighted by atomic mass is 35.5. The maximum absolute atomic E-state index is 11.9. The molecular formula is C11H20ClN3O3S. The minimum absolute atomic E-state index is 0.0496. The Balaban J connectivity index is 1.79. The number of nitrogens with one attached hydrogen (secondary N) is 2. The second-order valence-electron chi connectivity index (χ2n) is 5.28. The number of carbonyl (C=O) groups excluding carboxylic acids is 1. The fourth-order valence-corrected chi connectivity index (χ4v) is 5.15. The number of likely N-dealkylation sites (N-methyl/N-ethyl adjacent to an activating group) is 1. The Morgan fingerprint density at radius 3 is 2.68 bits per heavy atom. The molecule has 0 aromatic heterocycles. The Labute approximate surface area is 118 Å². The zero-order valence-corrected chi connectivity index (χ0v) is 12.5. The van der Waals surface area contributed by atoms with Crippen LogP contribution in [0.25, 0.3) is 0 Å². The van der Waals surface area contributed by atoms with Crippen LogP contribution in [0, 0.1) is 0 Å². The molecule has 2 heterocycles. The molecule has 19 heavy (non-hydrogen) atoms. The van der Waals surface area contributed by atoms with Gasteiger partial charge in [0.05, 0.1) is 29.5 Å². The molecule has 2 fully saturated rings. The first-order valence-corrected chi connectivity index (χ1v) is 8.69. The minimum Gasteiger partial charge on any atom is -0.350 e. The molecule has 3 atom stereocenters. The number of hydrogen-bond donors (Lipinski definition) is 2. The van der Waals surface area contributed by atoms with E-state index >= 15 is 0 Å². The molecule has 0 spiro atoms. The van der Waals surface area contributed by atoms with Crippen molar-refractivity contribution in [1.82, 2.24) is 15.5 Å². The number of amides is 1. The fraction of sp³-hybridized carbons (Fsp3) is 0.909. The molecule has 2 N–H and O–H groups in total. The van der Waals surface area contributed by atoms with Gasteiger partial charge in [0.15, 0.2) is 9.84 Å². The van der Waals surface area contributed by atoms with Crippen molar-refractivity contribution in [3.8, 4) is 0 Å². The van der Waals surface area contributed by atoms with Gasteiger partial charge >= 0.3 is 0 Å². The van der Waals surface area contributed by atoms with E-state index in [1.54, 1.807) is 0 Å². The Morgan fingerprint density at radius 2 is 2.16 bits per heavy atom. The zero-order valence-electron chi connectivity index (χ0n) is 10.9. The molecule has 0 bridgehead atoms.